The highest BCUT2D eigenvalue weighted by Crippen LogP contribution is 2.29. The number of carbonyl (C=O) groups excluding carboxylic acids is 1. The minimum absolute atomic E-state index is 0.116. The Bertz CT molecular complexity index is 881. The molecule has 0 unspecified atom stereocenters. The molecule has 0 saturated carbocycles. The Hall–Kier alpha value is -2.01. The number of amides is 1. The maximum Gasteiger partial charge on any atom is 0.281 e. The van der Waals surface area contributed by atoms with Crippen LogP contribution in [-0.4, -0.2) is 55.2 Å². The van der Waals surface area contributed by atoms with Crippen LogP contribution in [0.1, 0.15) is 10.6 Å². The number of benzene rings is 1. The number of para-hydroxylation sites is 1. The molecule has 0 aliphatic carbocycles. The van der Waals surface area contributed by atoms with E-state index in [2.05, 4.69) is 10.3 Å². The van der Waals surface area contributed by atoms with E-state index in [-0.39, 0.29) is 19.1 Å². The number of nitrogens with zero attached hydrogens (tertiary/aromatic N) is 3. The molecule has 0 bridgehead atoms. The molecule has 1 N–H and O–H groups in total. The zero-order valence-electron chi connectivity index (χ0n) is 14.5. The van der Waals surface area contributed by atoms with Crippen LogP contribution in [0.4, 0.5) is 5.13 Å². The van der Waals surface area contributed by atoms with E-state index in [9.17, 15) is 13.2 Å². The third kappa shape index (κ3) is 4.21. The summed E-state index contributed by atoms with van der Waals surface area (Å²) in [5, 5.41) is 3.17. The molecule has 2 aromatic rings. The van der Waals surface area contributed by atoms with Crippen molar-refractivity contribution in [2.75, 3.05) is 32.6 Å². The van der Waals surface area contributed by atoms with Crippen molar-refractivity contribution in [3.05, 3.63) is 40.9 Å². The van der Waals surface area contributed by atoms with Crippen LogP contribution in [0.5, 0.6) is 5.75 Å². The van der Waals surface area contributed by atoms with Crippen molar-refractivity contribution in [1.82, 2.24) is 13.6 Å². The highest BCUT2D eigenvalue weighted by Gasteiger charge is 2.30. The lowest BCUT2D eigenvalue weighted by Gasteiger charge is -2.27. The standard InChI is InChI=1S/C16H20N4O4S2/c1-19(2)26(22,23)20-9-8-13-14(10-20)25-16(17-13)18-15(21)11-24-12-6-4-3-5-7-12/h3-7H,8-11H2,1-2H3,(H,17,18,21). The van der Waals surface area contributed by atoms with Gasteiger partial charge in [0.2, 0.25) is 0 Å². The molecule has 0 radical (unpaired) electrons. The molecule has 1 aromatic carbocycles. The highest BCUT2D eigenvalue weighted by atomic mass is 32.2. The fraction of sp³-hybridized carbons (Fsp3) is 0.375. The summed E-state index contributed by atoms with van der Waals surface area (Å²) >= 11 is 1.29. The van der Waals surface area contributed by atoms with Crippen LogP contribution >= 0.6 is 11.3 Å². The molecule has 0 spiro atoms. The fourth-order valence-electron chi connectivity index (χ4n) is 2.47. The first kappa shape index (κ1) is 18.8. The van der Waals surface area contributed by atoms with Crippen LogP contribution in [0.25, 0.3) is 0 Å². The number of aromatic nitrogens is 1. The predicted molar refractivity (Wildman–Crippen MR) is 99.4 cm³/mol. The van der Waals surface area contributed by atoms with Crippen molar-refractivity contribution in [2.24, 2.45) is 0 Å². The van der Waals surface area contributed by atoms with Gasteiger partial charge >= 0.3 is 0 Å². The Morgan fingerprint density at radius 3 is 2.77 bits per heavy atom. The fourth-order valence-corrected chi connectivity index (χ4v) is 4.67. The zero-order valence-corrected chi connectivity index (χ0v) is 16.1. The second kappa shape index (κ2) is 7.70. The van der Waals surface area contributed by atoms with E-state index < -0.39 is 10.2 Å². The van der Waals surface area contributed by atoms with Crippen molar-refractivity contribution in [3.63, 3.8) is 0 Å². The number of nitrogens with one attached hydrogen (secondary N) is 1. The Kier molecular flexibility index (Phi) is 5.56. The number of carbonyl (C=O) groups is 1. The van der Waals surface area contributed by atoms with Crippen molar-refractivity contribution >= 4 is 32.6 Å². The summed E-state index contributed by atoms with van der Waals surface area (Å²) in [6.45, 7) is 0.529. The summed E-state index contributed by atoms with van der Waals surface area (Å²) in [6.07, 6.45) is 0.523. The van der Waals surface area contributed by atoms with Gasteiger partial charge in [-0.15, -0.1) is 11.3 Å². The average molecular weight is 396 g/mol. The summed E-state index contributed by atoms with van der Waals surface area (Å²) in [7, 11) is -0.438. The molecular formula is C16H20N4O4S2. The van der Waals surface area contributed by atoms with Crippen molar-refractivity contribution in [2.45, 2.75) is 13.0 Å². The van der Waals surface area contributed by atoms with Crippen molar-refractivity contribution < 1.29 is 17.9 Å². The quantitative estimate of drug-likeness (QED) is 0.795. The van der Waals surface area contributed by atoms with Crippen LogP contribution in [0.15, 0.2) is 30.3 Å². The monoisotopic (exact) mass is 396 g/mol. The van der Waals surface area contributed by atoms with Crippen LogP contribution in [-0.2, 0) is 28.0 Å². The van der Waals surface area contributed by atoms with Gasteiger partial charge in [-0.2, -0.15) is 17.0 Å². The molecule has 0 saturated heterocycles. The van der Waals surface area contributed by atoms with Crippen LogP contribution in [0.3, 0.4) is 0 Å². The Morgan fingerprint density at radius 1 is 1.35 bits per heavy atom. The number of thiazole rings is 1. The Labute approximate surface area is 156 Å². The second-order valence-electron chi connectivity index (χ2n) is 5.91. The number of hydrogen-bond acceptors (Lipinski definition) is 6. The van der Waals surface area contributed by atoms with Gasteiger partial charge in [0.05, 0.1) is 12.2 Å². The molecular weight excluding hydrogens is 376 g/mol. The second-order valence-corrected chi connectivity index (χ2v) is 9.14. The van der Waals surface area contributed by atoms with E-state index in [0.717, 1.165) is 10.6 Å². The molecule has 0 atom stereocenters. The van der Waals surface area contributed by atoms with Crippen molar-refractivity contribution in [3.8, 4) is 5.75 Å². The van der Waals surface area contributed by atoms with Gasteiger partial charge in [0.15, 0.2) is 11.7 Å². The molecule has 8 nitrogen and oxygen atoms in total. The minimum atomic E-state index is -3.46. The molecule has 1 aliphatic heterocycles. The van der Waals surface area contributed by atoms with Gasteiger partial charge in [0.1, 0.15) is 5.75 Å². The predicted octanol–water partition coefficient (Wildman–Crippen LogP) is 1.33. The zero-order chi connectivity index (χ0) is 18.7. The van der Waals surface area contributed by atoms with Gasteiger partial charge in [0, 0.05) is 31.9 Å². The van der Waals surface area contributed by atoms with Crippen molar-refractivity contribution in [1.29, 1.82) is 0 Å². The molecule has 1 aromatic heterocycles. The SMILES string of the molecule is CN(C)S(=O)(=O)N1CCc2nc(NC(=O)COc3ccccc3)sc2C1. The Balaban J connectivity index is 1.60. The first-order chi connectivity index (χ1) is 12.4. The number of hydrogen-bond donors (Lipinski definition) is 1. The van der Waals surface area contributed by atoms with Gasteiger partial charge in [0.25, 0.3) is 16.1 Å². The molecule has 1 amide bonds. The van der Waals surface area contributed by atoms with Gasteiger partial charge < -0.3 is 4.74 Å². The summed E-state index contributed by atoms with van der Waals surface area (Å²) < 4.78 is 32.5. The third-order valence-corrected chi connectivity index (χ3v) is 6.73. The molecule has 3 rings (SSSR count). The van der Waals surface area contributed by atoms with E-state index >= 15 is 0 Å². The van der Waals surface area contributed by atoms with Gasteiger partial charge in [-0.3, -0.25) is 10.1 Å². The number of fused-ring (bicyclic) bond motifs is 1. The summed E-state index contributed by atoms with van der Waals surface area (Å²) in [6, 6.07) is 9.07. The lowest BCUT2D eigenvalue weighted by atomic mass is 10.2. The number of anilines is 1. The lowest BCUT2D eigenvalue weighted by molar-refractivity contribution is -0.118. The van der Waals surface area contributed by atoms with Crippen LogP contribution < -0.4 is 10.1 Å². The maximum absolute atomic E-state index is 12.2. The topological polar surface area (TPSA) is 91.8 Å². The molecule has 1 aliphatic rings. The summed E-state index contributed by atoms with van der Waals surface area (Å²) in [5.74, 6) is 0.309. The van der Waals surface area contributed by atoms with E-state index in [4.69, 9.17) is 4.74 Å². The largest absolute Gasteiger partial charge is 0.484 e. The summed E-state index contributed by atoms with van der Waals surface area (Å²) in [4.78, 5) is 17.3. The van der Waals surface area contributed by atoms with Gasteiger partial charge in [-0.25, -0.2) is 4.98 Å². The third-order valence-electron chi connectivity index (χ3n) is 3.84. The Morgan fingerprint density at radius 2 is 2.08 bits per heavy atom. The first-order valence-corrected chi connectivity index (χ1v) is 10.2. The van der Waals surface area contributed by atoms with Crippen LogP contribution in [0, 0.1) is 0 Å². The van der Waals surface area contributed by atoms with E-state index in [1.807, 2.05) is 18.2 Å². The molecule has 140 valence electrons. The summed E-state index contributed by atoms with van der Waals surface area (Å²) in [5.41, 5.74) is 0.833. The van der Waals surface area contributed by atoms with Gasteiger partial charge in [-0.05, 0) is 12.1 Å². The number of rotatable bonds is 6. The maximum atomic E-state index is 12.2. The normalized spacial score (nSPS) is 14.9. The average Bonchev–Trinajstić information content (AvgIpc) is 3.02. The van der Waals surface area contributed by atoms with Crippen LogP contribution in [0.2, 0.25) is 0 Å². The lowest BCUT2D eigenvalue weighted by Crippen LogP contribution is -2.42. The smallest absolute Gasteiger partial charge is 0.281 e. The highest BCUT2D eigenvalue weighted by molar-refractivity contribution is 7.86. The van der Waals surface area contributed by atoms with Gasteiger partial charge in [-0.1, -0.05) is 18.2 Å². The first-order valence-electron chi connectivity index (χ1n) is 8.00. The molecule has 2 heterocycles. The molecule has 10 heteroatoms. The minimum Gasteiger partial charge on any atom is -0.484 e. The van der Waals surface area contributed by atoms with E-state index in [1.165, 1.54) is 34.0 Å². The van der Waals surface area contributed by atoms with E-state index in [1.54, 1.807) is 12.1 Å². The number of ether oxygens (including phenoxy) is 1. The molecule has 0 fully saturated rings. The molecule has 26 heavy (non-hydrogen) atoms. The van der Waals surface area contributed by atoms with E-state index in [0.29, 0.717) is 23.8 Å².